The van der Waals surface area contributed by atoms with Crippen molar-refractivity contribution in [2.75, 3.05) is 25.4 Å². The molecule has 0 spiro atoms. The molecule has 0 radical (unpaired) electrons. The Balaban J connectivity index is 1.78. The predicted molar refractivity (Wildman–Crippen MR) is 64.3 cm³/mol. The molecule has 0 aliphatic carbocycles. The van der Waals surface area contributed by atoms with E-state index in [9.17, 15) is 10.2 Å². The van der Waals surface area contributed by atoms with Gasteiger partial charge in [0, 0.05) is 19.3 Å². The third-order valence-electron chi connectivity index (χ3n) is 3.00. The van der Waals surface area contributed by atoms with E-state index in [2.05, 4.69) is 10.00 Å². The van der Waals surface area contributed by atoms with Crippen LogP contribution >= 0.6 is 0 Å². The molecule has 2 rings (SSSR count). The van der Waals surface area contributed by atoms with E-state index in [1.54, 1.807) is 17.1 Å². The Labute approximate surface area is 101 Å². The summed E-state index contributed by atoms with van der Waals surface area (Å²) in [4.78, 5) is 2.09. The van der Waals surface area contributed by atoms with Crippen LogP contribution < -0.4 is 5.73 Å². The van der Waals surface area contributed by atoms with Gasteiger partial charge in [-0.3, -0.25) is 9.58 Å². The monoisotopic (exact) mass is 240 g/mol. The molecular weight excluding hydrogens is 220 g/mol. The largest absolute Gasteiger partial charge is 0.396 e. The molecule has 1 aliphatic heterocycles. The molecule has 1 fully saturated rings. The van der Waals surface area contributed by atoms with Crippen LogP contribution in [0.15, 0.2) is 12.4 Å². The molecular formula is C11H20N4O2. The van der Waals surface area contributed by atoms with Gasteiger partial charge in [0.15, 0.2) is 0 Å². The van der Waals surface area contributed by atoms with Crippen LogP contribution in [0.2, 0.25) is 0 Å². The molecule has 4 N–H and O–H groups in total. The Morgan fingerprint density at radius 3 is 3.00 bits per heavy atom. The highest BCUT2D eigenvalue weighted by Crippen LogP contribution is 2.10. The minimum Gasteiger partial charge on any atom is -0.396 e. The molecule has 1 saturated heterocycles. The third kappa shape index (κ3) is 3.69. The van der Waals surface area contributed by atoms with Crippen LogP contribution in [0.5, 0.6) is 0 Å². The van der Waals surface area contributed by atoms with Crippen LogP contribution in [0.4, 0.5) is 5.69 Å². The number of hydrogen-bond donors (Lipinski definition) is 3. The van der Waals surface area contributed by atoms with Gasteiger partial charge in [-0.2, -0.15) is 5.10 Å². The number of β-amino-alcohol motifs (C(OH)–C–C–N with tert-alkyl or cyclic N) is 2. The minimum atomic E-state index is -0.486. The number of rotatable bonds is 4. The van der Waals surface area contributed by atoms with E-state index in [0.717, 1.165) is 19.4 Å². The summed E-state index contributed by atoms with van der Waals surface area (Å²) >= 11 is 0. The van der Waals surface area contributed by atoms with Crippen LogP contribution in [0.3, 0.4) is 0 Å². The van der Waals surface area contributed by atoms with Crippen molar-refractivity contribution in [3.05, 3.63) is 12.4 Å². The number of nitrogen functional groups attached to an aromatic ring is 1. The molecule has 1 aromatic rings. The molecule has 1 aromatic heterocycles. The Morgan fingerprint density at radius 1 is 1.53 bits per heavy atom. The number of likely N-dealkylation sites (tertiary alicyclic amines) is 1. The first-order valence-electron chi connectivity index (χ1n) is 6.00. The molecule has 6 nitrogen and oxygen atoms in total. The Hall–Kier alpha value is -1.11. The number of aliphatic hydroxyl groups is 2. The summed E-state index contributed by atoms with van der Waals surface area (Å²) in [7, 11) is 0. The zero-order valence-corrected chi connectivity index (χ0v) is 9.87. The van der Waals surface area contributed by atoms with E-state index in [1.807, 2.05) is 0 Å². The molecule has 2 heterocycles. The lowest BCUT2D eigenvalue weighted by atomic mass is 10.1. The molecule has 1 aliphatic rings. The van der Waals surface area contributed by atoms with Crippen LogP contribution in [0, 0.1) is 0 Å². The molecule has 96 valence electrons. The summed E-state index contributed by atoms with van der Waals surface area (Å²) in [6.45, 7) is 2.59. The highest BCUT2D eigenvalue weighted by atomic mass is 16.3. The maximum atomic E-state index is 9.93. The van der Waals surface area contributed by atoms with E-state index in [0.29, 0.717) is 25.3 Å². The van der Waals surface area contributed by atoms with E-state index in [1.165, 1.54) is 0 Å². The standard InChI is InChI=1S/C11H20N4O2/c12-9-4-13-15(5-9)8-11(17)7-14-3-1-2-10(16)6-14/h4-5,10-11,16-17H,1-3,6-8,12H2. The number of hydrogen-bond acceptors (Lipinski definition) is 5. The van der Waals surface area contributed by atoms with Crippen LogP contribution in [0.25, 0.3) is 0 Å². The van der Waals surface area contributed by atoms with Crippen LogP contribution in [-0.4, -0.2) is 56.7 Å². The number of anilines is 1. The van der Waals surface area contributed by atoms with Gasteiger partial charge in [-0.25, -0.2) is 0 Å². The van der Waals surface area contributed by atoms with Crippen molar-refractivity contribution in [2.45, 2.75) is 31.6 Å². The van der Waals surface area contributed by atoms with Gasteiger partial charge in [0.05, 0.1) is 30.6 Å². The van der Waals surface area contributed by atoms with Crippen molar-refractivity contribution in [3.63, 3.8) is 0 Å². The van der Waals surface area contributed by atoms with E-state index in [4.69, 9.17) is 5.73 Å². The summed E-state index contributed by atoms with van der Waals surface area (Å²) in [6.07, 6.45) is 4.38. The molecule has 0 amide bonds. The first kappa shape index (κ1) is 12.3. The van der Waals surface area contributed by atoms with Crippen molar-refractivity contribution in [1.82, 2.24) is 14.7 Å². The van der Waals surface area contributed by atoms with Crippen molar-refractivity contribution in [3.8, 4) is 0 Å². The number of nitrogens with two attached hydrogens (primary N) is 1. The zero-order chi connectivity index (χ0) is 12.3. The molecule has 2 unspecified atom stereocenters. The highest BCUT2D eigenvalue weighted by molar-refractivity contribution is 5.30. The normalized spacial score (nSPS) is 23.8. The van der Waals surface area contributed by atoms with Gasteiger partial charge in [-0.15, -0.1) is 0 Å². The molecule has 6 heteroatoms. The predicted octanol–water partition coefficient (Wildman–Crippen LogP) is -0.717. The maximum absolute atomic E-state index is 9.93. The second-order valence-corrected chi connectivity index (χ2v) is 4.71. The van der Waals surface area contributed by atoms with Crippen LogP contribution in [0.1, 0.15) is 12.8 Å². The van der Waals surface area contributed by atoms with Gasteiger partial charge in [0.1, 0.15) is 0 Å². The Kier molecular flexibility index (Phi) is 3.98. The Bertz CT molecular complexity index is 355. The van der Waals surface area contributed by atoms with Gasteiger partial charge < -0.3 is 15.9 Å². The number of aliphatic hydroxyl groups excluding tert-OH is 2. The van der Waals surface area contributed by atoms with Crippen molar-refractivity contribution >= 4 is 5.69 Å². The Morgan fingerprint density at radius 2 is 2.35 bits per heavy atom. The summed E-state index contributed by atoms with van der Waals surface area (Å²) in [5.74, 6) is 0. The highest BCUT2D eigenvalue weighted by Gasteiger charge is 2.20. The zero-order valence-electron chi connectivity index (χ0n) is 9.87. The summed E-state index contributed by atoms with van der Waals surface area (Å²) in [5, 5.41) is 23.5. The van der Waals surface area contributed by atoms with E-state index >= 15 is 0 Å². The lowest BCUT2D eigenvalue weighted by Crippen LogP contribution is -2.43. The summed E-state index contributed by atoms with van der Waals surface area (Å²) in [6, 6.07) is 0. The van der Waals surface area contributed by atoms with Gasteiger partial charge in [0.2, 0.25) is 0 Å². The van der Waals surface area contributed by atoms with E-state index in [-0.39, 0.29) is 6.10 Å². The van der Waals surface area contributed by atoms with Crippen LogP contribution in [-0.2, 0) is 6.54 Å². The molecule has 0 bridgehead atoms. The maximum Gasteiger partial charge on any atom is 0.0862 e. The minimum absolute atomic E-state index is 0.253. The quantitative estimate of drug-likeness (QED) is 0.646. The summed E-state index contributed by atoms with van der Waals surface area (Å²) in [5.41, 5.74) is 6.15. The average Bonchev–Trinajstić information content (AvgIpc) is 2.63. The first-order valence-corrected chi connectivity index (χ1v) is 6.00. The second kappa shape index (κ2) is 5.48. The van der Waals surface area contributed by atoms with Gasteiger partial charge in [0.25, 0.3) is 0 Å². The topological polar surface area (TPSA) is 87.5 Å². The number of aromatic nitrogens is 2. The number of nitrogens with zero attached hydrogens (tertiary/aromatic N) is 3. The molecule has 0 aromatic carbocycles. The van der Waals surface area contributed by atoms with Gasteiger partial charge >= 0.3 is 0 Å². The van der Waals surface area contributed by atoms with E-state index < -0.39 is 6.10 Å². The fourth-order valence-electron chi connectivity index (χ4n) is 2.25. The second-order valence-electron chi connectivity index (χ2n) is 4.71. The lowest BCUT2D eigenvalue weighted by Gasteiger charge is -2.31. The molecule has 2 atom stereocenters. The fraction of sp³-hybridized carbons (Fsp3) is 0.727. The summed E-state index contributed by atoms with van der Waals surface area (Å²) < 4.78 is 1.64. The lowest BCUT2D eigenvalue weighted by molar-refractivity contribution is 0.0339. The van der Waals surface area contributed by atoms with Crippen molar-refractivity contribution < 1.29 is 10.2 Å². The third-order valence-corrected chi connectivity index (χ3v) is 3.00. The van der Waals surface area contributed by atoms with Crippen molar-refractivity contribution in [1.29, 1.82) is 0 Å². The van der Waals surface area contributed by atoms with Gasteiger partial charge in [-0.05, 0) is 19.4 Å². The molecule has 0 saturated carbocycles. The molecule has 17 heavy (non-hydrogen) atoms. The SMILES string of the molecule is Nc1cnn(CC(O)CN2CCCC(O)C2)c1. The number of piperidine rings is 1. The smallest absolute Gasteiger partial charge is 0.0862 e. The van der Waals surface area contributed by atoms with Crippen molar-refractivity contribution in [2.24, 2.45) is 0 Å². The van der Waals surface area contributed by atoms with Gasteiger partial charge in [-0.1, -0.05) is 0 Å². The fourth-order valence-corrected chi connectivity index (χ4v) is 2.25. The average molecular weight is 240 g/mol. The first-order chi connectivity index (χ1) is 8.13.